The first-order chi connectivity index (χ1) is 18.9. The molecule has 0 saturated heterocycles. The Labute approximate surface area is 231 Å². The zero-order valence-corrected chi connectivity index (χ0v) is 23.1. The molecule has 0 bridgehead atoms. The number of benzene rings is 3. The van der Waals surface area contributed by atoms with Gasteiger partial charge in [-0.25, -0.2) is 0 Å². The van der Waals surface area contributed by atoms with Gasteiger partial charge >= 0.3 is 0 Å². The summed E-state index contributed by atoms with van der Waals surface area (Å²) in [6.07, 6.45) is 1.89. The molecule has 4 aromatic rings. The van der Waals surface area contributed by atoms with Crippen LogP contribution in [0.25, 0.3) is 0 Å². The van der Waals surface area contributed by atoms with Gasteiger partial charge in [0.2, 0.25) is 5.91 Å². The normalized spacial score (nSPS) is 12.1. The summed E-state index contributed by atoms with van der Waals surface area (Å²) >= 11 is 0. The average molecular weight is 526 g/mol. The SMILES string of the molecule is Cc1noc(C(C)C)c1C(CC(c1ccccc1)c1ccccc1)NCCCOc1cccc(CC(N)=O)c1. The Bertz CT molecular complexity index is 1280. The van der Waals surface area contributed by atoms with Gasteiger partial charge in [0.05, 0.1) is 18.7 Å². The van der Waals surface area contributed by atoms with Crippen molar-refractivity contribution in [3.8, 4) is 5.75 Å². The Morgan fingerprint density at radius 1 is 0.974 bits per heavy atom. The predicted molar refractivity (Wildman–Crippen MR) is 155 cm³/mol. The fourth-order valence-electron chi connectivity index (χ4n) is 5.09. The minimum atomic E-state index is -0.350. The van der Waals surface area contributed by atoms with E-state index < -0.39 is 0 Å². The second kappa shape index (κ2) is 13.8. The molecule has 1 heterocycles. The molecule has 6 heteroatoms. The van der Waals surface area contributed by atoms with Gasteiger partial charge in [0.25, 0.3) is 0 Å². The number of nitrogens with one attached hydrogen (secondary N) is 1. The Hall–Kier alpha value is -3.90. The number of aromatic nitrogens is 1. The molecule has 3 aromatic carbocycles. The molecule has 3 N–H and O–H groups in total. The molecule has 0 saturated carbocycles. The van der Waals surface area contributed by atoms with Crippen LogP contribution in [0.1, 0.15) is 78.3 Å². The van der Waals surface area contributed by atoms with E-state index >= 15 is 0 Å². The maximum atomic E-state index is 11.2. The molecule has 39 heavy (non-hydrogen) atoms. The largest absolute Gasteiger partial charge is 0.494 e. The highest BCUT2D eigenvalue weighted by Gasteiger charge is 2.28. The van der Waals surface area contributed by atoms with Crippen LogP contribution in [0.4, 0.5) is 0 Å². The summed E-state index contributed by atoms with van der Waals surface area (Å²) in [7, 11) is 0. The van der Waals surface area contributed by atoms with Crippen molar-refractivity contribution in [3.05, 3.63) is 119 Å². The van der Waals surface area contributed by atoms with Crippen molar-refractivity contribution in [1.82, 2.24) is 10.5 Å². The van der Waals surface area contributed by atoms with Crippen LogP contribution >= 0.6 is 0 Å². The third-order valence-corrected chi connectivity index (χ3v) is 6.94. The van der Waals surface area contributed by atoms with Crippen LogP contribution in [0.15, 0.2) is 89.5 Å². The molecule has 0 radical (unpaired) electrons. The third kappa shape index (κ3) is 7.80. The molecule has 0 fully saturated rings. The fraction of sp³-hybridized carbons (Fsp3) is 0.333. The number of rotatable bonds is 14. The van der Waals surface area contributed by atoms with Gasteiger partial charge in [-0.05, 0) is 55.1 Å². The van der Waals surface area contributed by atoms with E-state index in [0.29, 0.717) is 6.61 Å². The maximum Gasteiger partial charge on any atom is 0.221 e. The van der Waals surface area contributed by atoms with Gasteiger partial charge in [-0.3, -0.25) is 4.79 Å². The minimum Gasteiger partial charge on any atom is -0.494 e. The molecule has 0 aliphatic carbocycles. The number of carbonyl (C=O) groups excluding carboxylic acids is 1. The number of nitrogens with zero attached hydrogens (tertiary/aromatic N) is 1. The summed E-state index contributed by atoms with van der Waals surface area (Å²) < 4.78 is 11.8. The van der Waals surface area contributed by atoms with Crippen LogP contribution in [0, 0.1) is 6.92 Å². The highest BCUT2D eigenvalue weighted by Crippen LogP contribution is 2.37. The summed E-state index contributed by atoms with van der Waals surface area (Å²) in [5, 5.41) is 8.16. The van der Waals surface area contributed by atoms with Crippen molar-refractivity contribution in [2.45, 2.75) is 57.9 Å². The van der Waals surface area contributed by atoms with Gasteiger partial charge in [-0.15, -0.1) is 0 Å². The molecule has 0 aliphatic rings. The predicted octanol–water partition coefficient (Wildman–Crippen LogP) is 6.46. The Morgan fingerprint density at radius 2 is 1.64 bits per heavy atom. The van der Waals surface area contributed by atoms with Gasteiger partial charge in [-0.2, -0.15) is 0 Å². The highest BCUT2D eigenvalue weighted by molar-refractivity contribution is 5.76. The molecule has 1 amide bonds. The summed E-state index contributed by atoms with van der Waals surface area (Å²) in [6, 6.07) is 29.0. The van der Waals surface area contributed by atoms with E-state index in [1.54, 1.807) is 0 Å². The van der Waals surface area contributed by atoms with Gasteiger partial charge in [0.15, 0.2) is 0 Å². The number of hydrogen-bond acceptors (Lipinski definition) is 5. The lowest BCUT2D eigenvalue weighted by atomic mass is 9.83. The lowest BCUT2D eigenvalue weighted by Gasteiger charge is -2.26. The van der Waals surface area contributed by atoms with Crippen LogP contribution in [-0.4, -0.2) is 24.2 Å². The summed E-state index contributed by atoms with van der Waals surface area (Å²) in [5.74, 6) is 1.77. The lowest BCUT2D eigenvalue weighted by Crippen LogP contribution is -2.27. The molecule has 4 rings (SSSR count). The maximum absolute atomic E-state index is 11.2. The monoisotopic (exact) mass is 525 g/mol. The van der Waals surface area contributed by atoms with E-state index in [9.17, 15) is 4.79 Å². The molecule has 1 aromatic heterocycles. The molecular formula is C33H39N3O3. The first-order valence-electron chi connectivity index (χ1n) is 13.7. The average Bonchev–Trinajstić information content (AvgIpc) is 3.32. The molecule has 0 aliphatic heterocycles. The standard InChI is InChI=1S/C33H39N3O3/c1-23(2)33-32(24(3)36-39-33)30(22-29(26-13-6-4-7-14-26)27-15-8-5-9-16-27)35-18-11-19-38-28-17-10-12-25(20-28)21-31(34)37/h4-10,12-17,20,23,29-30,35H,11,18-19,21-22H2,1-3H3,(H2,34,37). The first-order valence-corrected chi connectivity index (χ1v) is 13.7. The summed E-state index contributed by atoms with van der Waals surface area (Å²) in [5.41, 5.74) is 10.8. The van der Waals surface area contributed by atoms with Crippen LogP contribution in [-0.2, 0) is 11.2 Å². The Balaban J connectivity index is 1.50. The van der Waals surface area contributed by atoms with Gasteiger partial charge in [0, 0.05) is 23.4 Å². The van der Waals surface area contributed by atoms with Crippen molar-refractivity contribution in [2.24, 2.45) is 5.73 Å². The van der Waals surface area contributed by atoms with E-state index in [0.717, 1.165) is 47.7 Å². The molecule has 1 atom stereocenters. The smallest absolute Gasteiger partial charge is 0.221 e. The quantitative estimate of drug-likeness (QED) is 0.185. The van der Waals surface area contributed by atoms with E-state index in [1.807, 2.05) is 31.2 Å². The third-order valence-electron chi connectivity index (χ3n) is 6.94. The zero-order chi connectivity index (χ0) is 27.6. The second-order valence-electron chi connectivity index (χ2n) is 10.3. The fourth-order valence-corrected chi connectivity index (χ4v) is 5.09. The van der Waals surface area contributed by atoms with Crippen molar-refractivity contribution in [3.63, 3.8) is 0 Å². The molecule has 1 unspecified atom stereocenters. The van der Waals surface area contributed by atoms with E-state index in [-0.39, 0.29) is 30.2 Å². The summed E-state index contributed by atoms with van der Waals surface area (Å²) in [6.45, 7) is 7.64. The number of ether oxygens (including phenoxy) is 1. The van der Waals surface area contributed by atoms with Crippen LogP contribution < -0.4 is 15.8 Å². The number of aryl methyl sites for hydroxylation is 1. The van der Waals surface area contributed by atoms with E-state index in [4.69, 9.17) is 15.0 Å². The second-order valence-corrected chi connectivity index (χ2v) is 10.3. The number of nitrogens with two attached hydrogens (primary N) is 1. The molecular weight excluding hydrogens is 486 g/mol. The van der Waals surface area contributed by atoms with Crippen molar-refractivity contribution in [1.29, 1.82) is 0 Å². The van der Waals surface area contributed by atoms with Gasteiger partial charge < -0.3 is 20.3 Å². The molecule has 0 spiro atoms. The Morgan fingerprint density at radius 3 is 2.26 bits per heavy atom. The van der Waals surface area contributed by atoms with E-state index in [2.05, 4.69) is 85.0 Å². The number of hydrogen-bond donors (Lipinski definition) is 2. The first kappa shape index (κ1) is 28.1. The summed E-state index contributed by atoms with van der Waals surface area (Å²) in [4.78, 5) is 11.2. The van der Waals surface area contributed by atoms with Gasteiger partial charge in [0.1, 0.15) is 11.5 Å². The van der Waals surface area contributed by atoms with Crippen LogP contribution in [0.3, 0.4) is 0 Å². The van der Waals surface area contributed by atoms with Crippen LogP contribution in [0.5, 0.6) is 5.75 Å². The van der Waals surface area contributed by atoms with Gasteiger partial charge in [-0.1, -0.05) is 91.8 Å². The minimum absolute atomic E-state index is 0.0537. The van der Waals surface area contributed by atoms with E-state index in [1.165, 1.54) is 11.1 Å². The van der Waals surface area contributed by atoms with Crippen molar-refractivity contribution < 1.29 is 14.1 Å². The Kier molecular flexibility index (Phi) is 9.92. The van der Waals surface area contributed by atoms with Crippen LogP contribution in [0.2, 0.25) is 0 Å². The van der Waals surface area contributed by atoms with Crippen molar-refractivity contribution >= 4 is 5.91 Å². The highest BCUT2D eigenvalue weighted by atomic mass is 16.5. The topological polar surface area (TPSA) is 90.4 Å². The molecule has 6 nitrogen and oxygen atoms in total. The lowest BCUT2D eigenvalue weighted by molar-refractivity contribution is -0.117. The number of amides is 1. The number of carbonyl (C=O) groups is 1. The number of primary amides is 1. The molecule has 204 valence electrons. The zero-order valence-electron chi connectivity index (χ0n) is 23.1. The van der Waals surface area contributed by atoms with Crippen molar-refractivity contribution in [2.75, 3.05) is 13.2 Å².